The second-order valence-electron chi connectivity index (χ2n) is 7.83. The molecule has 14 heteroatoms. The molecule has 4 aromatic rings. The quantitative estimate of drug-likeness (QED) is 0.316. The Morgan fingerprint density at radius 2 is 1.72 bits per heavy atom. The summed E-state index contributed by atoms with van der Waals surface area (Å²) in [6.45, 7) is 1.97. The van der Waals surface area contributed by atoms with Gasteiger partial charge in [-0.1, -0.05) is 0 Å². The first-order valence-corrected chi connectivity index (χ1v) is 10.6. The minimum atomic E-state index is -4.67. The van der Waals surface area contributed by atoms with Crippen LogP contribution in [-0.2, 0) is 6.18 Å². The summed E-state index contributed by atoms with van der Waals surface area (Å²) in [5, 5.41) is 5.44. The summed E-state index contributed by atoms with van der Waals surface area (Å²) in [7, 11) is 0. The number of rotatable bonds is 4. The number of nitrogens with one attached hydrogen (secondary N) is 2. The fourth-order valence-corrected chi connectivity index (χ4v) is 3.81. The van der Waals surface area contributed by atoms with Gasteiger partial charge in [-0.25, -0.2) is 23.7 Å². The maximum absolute atomic E-state index is 14.0. The normalized spacial score (nSPS) is 14.3. The largest absolute Gasteiger partial charge is 0.418 e. The first kappa shape index (κ1) is 23.7. The number of anilines is 3. The van der Waals surface area contributed by atoms with Crippen LogP contribution < -0.4 is 15.5 Å². The Morgan fingerprint density at radius 3 is 2.47 bits per heavy atom. The van der Waals surface area contributed by atoms with Gasteiger partial charge in [-0.2, -0.15) is 22.5 Å². The molecule has 0 amide bonds. The van der Waals surface area contributed by atoms with Crippen LogP contribution in [0, 0.1) is 17.6 Å². The second kappa shape index (κ2) is 9.18. The van der Waals surface area contributed by atoms with Crippen LogP contribution in [0.25, 0.3) is 22.3 Å². The molecule has 1 aliphatic heterocycles. The number of nitrogens with zero attached hydrogens (tertiary/aromatic N) is 6. The summed E-state index contributed by atoms with van der Waals surface area (Å²) < 4.78 is 82.1. The van der Waals surface area contributed by atoms with E-state index in [-0.39, 0.29) is 28.4 Å². The molecule has 1 saturated heterocycles. The minimum Gasteiger partial charge on any atom is -0.353 e. The summed E-state index contributed by atoms with van der Waals surface area (Å²) in [5.74, 6) is -4.52. The van der Waals surface area contributed by atoms with Crippen molar-refractivity contribution in [2.24, 2.45) is 0 Å². The van der Waals surface area contributed by atoms with Gasteiger partial charge in [0, 0.05) is 50.2 Å². The van der Waals surface area contributed by atoms with E-state index in [2.05, 4.69) is 35.6 Å². The Balaban J connectivity index is 1.61. The van der Waals surface area contributed by atoms with Gasteiger partial charge in [0.1, 0.15) is 11.6 Å². The lowest BCUT2D eigenvalue weighted by molar-refractivity contribution is -0.136. The van der Waals surface area contributed by atoms with Gasteiger partial charge >= 0.3 is 6.18 Å². The molecule has 2 N–H and O–H groups in total. The zero-order chi connectivity index (χ0) is 25.4. The topological polar surface area (TPSA) is 91.8 Å². The highest BCUT2D eigenvalue weighted by Gasteiger charge is 2.35. The molecule has 5 rings (SSSR count). The van der Waals surface area contributed by atoms with Gasteiger partial charge in [-0.3, -0.25) is 4.98 Å². The maximum atomic E-state index is 14.0. The van der Waals surface area contributed by atoms with E-state index in [0.717, 1.165) is 6.20 Å². The van der Waals surface area contributed by atoms with Crippen molar-refractivity contribution >= 4 is 28.4 Å². The molecule has 0 radical (unpaired) electrons. The fraction of sp³-hybridized carbons (Fsp3) is 0.227. The summed E-state index contributed by atoms with van der Waals surface area (Å²) in [5.41, 5.74) is -0.633. The number of halogens is 6. The predicted molar refractivity (Wildman–Crippen MR) is 118 cm³/mol. The number of alkyl halides is 3. The Bertz CT molecular complexity index is 1440. The fourth-order valence-electron chi connectivity index (χ4n) is 3.81. The van der Waals surface area contributed by atoms with Crippen molar-refractivity contribution in [1.29, 1.82) is 0 Å². The van der Waals surface area contributed by atoms with Crippen LogP contribution in [-0.4, -0.2) is 51.1 Å². The lowest BCUT2D eigenvalue weighted by atomic mass is 10.1. The third-order valence-corrected chi connectivity index (χ3v) is 5.46. The van der Waals surface area contributed by atoms with E-state index in [1.165, 1.54) is 24.5 Å². The highest BCUT2D eigenvalue weighted by molar-refractivity contribution is 5.94. The molecule has 0 aromatic carbocycles. The summed E-state index contributed by atoms with van der Waals surface area (Å²) >= 11 is 0. The van der Waals surface area contributed by atoms with Crippen molar-refractivity contribution in [3.63, 3.8) is 0 Å². The molecular formula is C22H16F6N8. The molecule has 36 heavy (non-hydrogen) atoms. The molecule has 5 heterocycles. The lowest BCUT2D eigenvalue weighted by Crippen LogP contribution is -2.44. The van der Waals surface area contributed by atoms with E-state index in [1.54, 1.807) is 4.90 Å². The van der Waals surface area contributed by atoms with Crippen molar-refractivity contribution in [3.8, 4) is 11.4 Å². The SMILES string of the molecule is Fc1cc(F)c(Nc2cc(-c3nc(N4CCNCC4)c4c(C(F)(F)F)cncc4n3)ccn2)nc1F. The highest BCUT2D eigenvalue weighted by Crippen LogP contribution is 2.38. The van der Waals surface area contributed by atoms with E-state index >= 15 is 0 Å². The van der Waals surface area contributed by atoms with E-state index in [4.69, 9.17) is 0 Å². The van der Waals surface area contributed by atoms with Gasteiger partial charge in [-0.15, -0.1) is 0 Å². The van der Waals surface area contributed by atoms with Gasteiger partial charge in [0.25, 0.3) is 5.95 Å². The van der Waals surface area contributed by atoms with Gasteiger partial charge in [0.2, 0.25) is 0 Å². The first-order chi connectivity index (χ1) is 17.2. The highest BCUT2D eigenvalue weighted by atomic mass is 19.4. The average molecular weight is 506 g/mol. The third kappa shape index (κ3) is 4.58. The number of pyridine rings is 3. The van der Waals surface area contributed by atoms with Crippen molar-refractivity contribution in [2.45, 2.75) is 6.18 Å². The van der Waals surface area contributed by atoms with Crippen molar-refractivity contribution in [1.82, 2.24) is 30.2 Å². The van der Waals surface area contributed by atoms with Gasteiger partial charge in [0.05, 0.1) is 22.7 Å². The summed E-state index contributed by atoms with van der Waals surface area (Å²) in [4.78, 5) is 21.4. The van der Waals surface area contributed by atoms with Crippen molar-refractivity contribution in [3.05, 3.63) is 59.9 Å². The standard InChI is InChI=1S/C22H16F6N8/c23-13-8-14(24)20(34-18(13)25)33-16-7-11(1-2-31-16)19-32-15-10-30-9-12(22(26,27)28)17(15)21(35-19)36-5-3-29-4-6-36/h1-2,7-10,29H,3-6H2,(H,31,33,34). The molecule has 1 aliphatic rings. The van der Waals surface area contributed by atoms with Crippen LogP contribution in [0.15, 0.2) is 36.8 Å². The number of piperazine rings is 1. The molecule has 0 bridgehead atoms. The molecule has 0 aliphatic carbocycles. The Hall–Kier alpha value is -4.07. The molecule has 0 atom stereocenters. The molecule has 1 fully saturated rings. The molecule has 0 spiro atoms. The van der Waals surface area contributed by atoms with Crippen LogP contribution in [0.5, 0.6) is 0 Å². The van der Waals surface area contributed by atoms with Crippen molar-refractivity contribution < 1.29 is 26.3 Å². The predicted octanol–water partition coefficient (Wildman–Crippen LogP) is 4.07. The van der Waals surface area contributed by atoms with E-state index in [1.807, 2.05) is 0 Å². The van der Waals surface area contributed by atoms with Crippen LogP contribution in [0.4, 0.5) is 43.8 Å². The molecular weight excluding hydrogens is 490 g/mol. The van der Waals surface area contributed by atoms with Crippen LogP contribution >= 0.6 is 0 Å². The molecule has 4 aromatic heterocycles. The Morgan fingerprint density at radius 1 is 0.944 bits per heavy atom. The maximum Gasteiger partial charge on any atom is 0.418 e. The van der Waals surface area contributed by atoms with Crippen LogP contribution in [0.1, 0.15) is 5.56 Å². The zero-order valence-corrected chi connectivity index (χ0v) is 18.2. The number of fused-ring (bicyclic) bond motifs is 1. The summed E-state index contributed by atoms with van der Waals surface area (Å²) in [6.07, 6.45) is -1.38. The van der Waals surface area contributed by atoms with Gasteiger partial charge in [0.15, 0.2) is 23.3 Å². The van der Waals surface area contributed by atoms with Gasteiger partial charge < -0.3 is 15.5 Å². The van der Waals surface area contributed by atoms with E-state index in [0.29, 0.717) is 37.8 Å². The zero-order valence-electron chi connectivity index (χ0n) is 18.2. The van der Waals surface area contributed by atoms with Crippen LogP contribution in [0.3, 0.4) is 0 Å². The average Bonchev–Trinajstić information content (AvgIpc) is 2.86. The lowest BCUT2D eigenvalue weighted by Gasteiger charge is -2.30. The number of hydrogen-bond acceptors (Lipinski definition) is 8. The second-order valence-corrected chi connectivity index (χ2v) is 7.83. The summed E-state index contributed by atoms with van der Waals surface area (Å²) in [6, 6.07) is 3.22. The monoisotopic (exact) mass is 506 g/mol. The molecule has 186 valence electrons. The van der Waals surface area contributed by atoms with E-state index < -0.39 is 35.1 Å². The number of hydrogen-bond donors (Lipinski definition) is 2. The minimum absolute atomic E-state index is 0.000468. The third-order valence-electron chi connectivity index (χ3n) is 5.46. The number of aromatic nitrogens is 5. The first-order valence-electron chi connectivity index (χ1n) is 10.6. The van der Waals surface area contributed by atoms with Crippen molar-refractivity contribution in [2.75, 3.05) is 36.4 Å². The van der Waals surface area contributed by atoms with Crippen LogP contribution in [0.2, 0.25) is 0 Å². The molecule has 0 unspecified atom stereocenters. The molecule has 0 saturated carbocycles. The Labute approximate surface area is 199 Å². The van der Waals surface area contributed by atoms with Gasteiger partial charge in [-0.05, 0) is 12.1 Å². The Kier molecular flexibility index (Phi) is 6.04. The van der Waals surface area contributed by atoms with E-state index in [9.17, 15) is 26.3 Å². The molecule has 8 nitrogen and oxygen atoms in total. The smallest absolute Gasteiger partial charge is 0.353 e.